The summed E-state index contributed by atoms with van der Waals surface area (Å²) in [7, 11) is 0. The summed E-state index contributed by atoms with van der Waals surface area (Å²) in [5.41, 5.74) is -0.831. The molecule has 0 atom stereocenters. The zero-order valence-electron chi connectivity index (χ0n) is 11.0. The van der Waals surface area contributed by atoms with E-state index in [1.54, 1.807) is 18.7 Å². The smallest absolute Gasteiger partial charge is 0.341 e. The van der Waals surface area contributed by atoms with Crippen LogP contribution in [0.25, 0.3) is 0 Å². The van der Waals surface area contributed by atoms with Crippen molar-refractivity contribution in [3.05, 3.63) is 23.3 Å². The van der Waals surface area contributed by atoms with Crippen LogP contribution in [0, 0.1) is 0 Å². The van der Waals surface area contributed by atoms with Gasteiger partial charge in [0.15, 0.2) is 0 Å². The van der Waals surface area contributed by atoms with Gasteiger partial charge in [-0.3, -0.25) is 0 Å². The highest BCUT2D eigenvalue weighted by molar-refractivity contribution is 7.99. The predicted octanol–water partition coefficient (Wildman–Crippen LogP) is 3.23. The zero-order valence-corrected chi connectivity index (χ0v) is 11.8. The molecule has 0 aliphatic heterocycles. The maximum atomic E-state index is 12.9. The summed E-state index contributed by atoms with van der Waals surface area (Å²) in [4.78, 5) is 19.2. The van der Waals surface area contributed by atoms with Gasteiger partial charge in [-0.15, -0.1) is 0 Å². The van der Waals surface area contributed by atoms with Crippen molar-refractivity contribution in [2.75, 3.05) is 6.61 Å². The summed E-state index contributed by atoms with van der Waals surface area (Å²) in [5.74, 6) is -0.0940. The first-order valence-corrected chi connectivity index (χ1v) is 6.93. The SMILES string of the molecule is CCOC(=O)c1cnc(CSC(C)C)nc1C(F)F. The molecule has 0 radical (unpaired) electrons. The Labute approximate surface area is 115 Å². The molecular formula is C12H16F2N2O2S. The third-order valence-corrected chi connectivity index (χ3v) is 3.21. The summed E-state index contributed by atoms with van der Waals surface area (Å²) in [5, 5.41) is 0.350. The highest BCUT2D eigenvalue weighted by Crippen LogP contribution is 2.23. The molecule has 0 N–H and O–H groups in total. The molecule has 19 heavy (non-hydrogen) atoms. The van der Waals surface area contributed by atoms with E-state index in [4.69, 9.17) is 4.74 Å². The quantitative estimate of drug-likeness (QED) is 0.753. The Balaban J connectivity index is 2.97. The van der Waals surface area contributed by atoms with Crippen molar-refractivity contribution in [2.45, 2.75) is 38.2 Å². The van der Waals surface area contributed by atoms with E-state index in [2.05, 4.69) is 9.97 Å². The van der Waals surface area contributed by atoms with Crippen LogP contribution in [0.15, 0.2) is 6.20 Å². The van der Waals surface area contributed by atoms with Crippen LogP contribution >= 0.6 is 11.8 Å². The largest absolute Gasteiger partial charge is 0.462 e. The number of esters is 1. The number of hydrogen-bond acceptors (Lipinski definition) is 5. The standard InChI is InChI=1S/C12H16F2N2O2S/c1-4-18-12(17)8-5-15-9(6-19-7(2)3)16-10(8)11(13)14/h5,7,11H,4,6H2,1-3H3. The average Bonchev–Trinajstić information content (AvgIpc) is 2.36. The molecule has 0 aliphatic rings. The molecule has 4 nitrogen and oxygen atoms in total. The molecular weight excluding hydrogens is 274 g/mol. The minimum absolute atomic E-state index is 0.118. The van der Waals surface area contributed by atoms with Crippen molar-refractivity contribution in [3.8, 4) is 0 Å². The summed E-state index contributed by atoms with van der Waals surface area (Å²) in [6.45, 7) is 5.71. The van der Waals surface area contributed by atoms with Crippen molar-refractivity contribution < 1.29 is 18.3 Å². The number of nitrogens with zero attached hydrogens (tertiary/aromatic N) is 2. The second kappa shape index (κ2) is 7.37. The van der Waals surface area contributed by atoms with E-state index < -0.39 is 18.1 Å². The normalized spacial score (nSPS) is 11.1. The number of carbonyl (C=O) groups excluding carboxylic acids is 1. The van der Waals surface area contributed by atoms with Crippen LogP contribution in [-0.4, -0.2) is 27.8 Å². The molecule has 0 aromatic carbocycles. The van der Waals surface area contributed by atoms with Gasteiger partial charge in [-0.25, -0.2) is 23.5 Å². The van der Waals surface area contributed by atoms with Gasteiger partial charge in [0.1, 0.15) is 17.1 Å². The third kappa shape index (κ3) is 4.74. The van der Waals surface area contributed by atoms with Gasteiger partial charge >= 0.3 is 5.97 Å². The van der Waals surface area contributed by atoms with Gasteiger partial charge in [-0.2, -0.15) is 11.8 Å². The number of aromatic nitrogens is 2. The summed E-state index contributed by atoms with van der Waals surface area (Å²) in [6.07, 6.45) is -1.71. The third-order valence-electron chi connectivity index (χ3n) is 2.12. The van der Waals surface area contributed by atoms with Crippen LogP contribution in [0.4, 0.5) is 8.78 Å². The lowest BCUT2D eigenvalue weighted by atomic mass is 10.2. The summed E-state index contributed by atoms with van der Waals surface area (Å²) in [6, 6.07) is 0. The molecule has 106 valence electrons. The van der Waals surface area contributed by atoms with Crippen LogP contribution in [0.3, 0.4) is 0 Å². The number of halogens is 2. The Kier molecular flexibility index (Phi) is 6.14. The molecule has 0 spiro atoms. The molecule has 0 aliphatic carbocycles. The average molecular weight is 290 g/mol. The lowest BCUT2D eigenvalue weighted by Crippen LogP contribution is -2.12. The van der Waals surface area contributed by atoms with Gasteiger partial charge in [0.25, 0.3) is 6.43 Å². The highest BCUT2D eigenvalue weighted by Gasteiger charge is 2.22. The van der Waals surface area contributed by atoms with E-state index in [0.717, 1.165) is 6.20 Å². The molecule has 0 bridgehead atoms. The van der Waals surface area contributed by atoms with Gasteiger partial charge in [0.05, 0.1) is 12.4 Å². The maximum Gasteiger partial charge on any atom is 0.341 e. The second-order valence-corrected chi connectivity index (χ2v) is 5.53. The second-order valence-electron chi connectivity index (χ2n) is 3.97. The minimum atomic E-state index is -2.83. The fourth-order valence-electron chi connectivity index (χ4n) is 1.28. The number of thioether (sulfide) groups is 1. The Morgan fingerprint density at radius 3 is 2.68 bits per heavy atom. The van der Waals surface area contributed by atoms with Crippen LogP contribution in [-0.2, 0) is 10.5 Å². The number of ether oxygens (including phenoxy) is 1. The van der Waals surface area contributed by atoms with Crippen molar-refractivity contribution in [2.24, 2.45) is 0 Å². The van der Waals surface area contributed by atoms with Crippen LogP contribution in [0.1, 0.15) is 49.1 Å². The topological polar surface area (TPSA) is 52.1 Å². The van der Waals surface area contributed by atoms with Crippen molar-refractivity contribution in [3.63, 3.8) is 0 Å². The molecule has 1 aromatic rings. The Morgan fingerprint density at radius 1 is 1.47 bits per heavy atom. The summed E-state index contributed by atoms with van der Waals surface area (Å²) >= 11 is 1.54. The van der Waals surface area contributed by atoms with E-state index in [1.807, 2.05) is 13.8 Å². The lowest BCUT2D eigenvalue weighted by Gasteiger charge is -2.09. The molecule has 1 rings (SSSR count). The molecule has 0 unspecified atom stereocenters. The molecule has 7 heteroatoms. The van der Waals surface area contributed by atoms with Gasteiger partial charge in [-0.05, 0) is 12.2 Å². The Morgan fingerprint density at radius 2 is 2.16 bits per heavy atom. The van der Waals surface area contributed by atoms with Crippen LogP contribution in [0.5, 0.6) is 0 Å². The van der Waals surface area contributed by atoms with E-state index in [-0.39, 0.29) is 12.2 Å². The molecule has 1 heterocycles. The maximum absolute atomic E-state index is 12.9. The molecule has 0 fully saturated rings. The van der Waals surface area contributed by atoms with E-state index >= 15 is 0 Å². The first kappa shape index (κ1) is 15.8. The number of rotatable bonds is 6. The highest BCUT2D eigenvalue weighted by atomic mass is 32.2. The van der Waals surface area contributed by atoms with Gasteiger partial charge in [0, 0.05) is 6.20 Å². The predicted molar refractivity (Wildman–Crippen MR) is 69.4 cm³/mol. The van der Waals surface area contributed by atoms with Gasteiger partial charge in [-0.1, -0.05) is 13.8 Å². The minimum Gasteiger partial charge on any atom is -0.462 e. The van der Waals surface area contributed by atoms with Gasteiger partial charge < -0.3 is 4.74 Å². The fourth-order valence-corrected chi connectivity index (χ4v) is 1.90. The van der Waals surface area contributed by atoms with Crippen LogP contribution < -0.4 is 0 Å². The molecule has 1 aromatic heterocycles. The van der Waals surface area contributed by atoms with Gasteiger partial charge in [0.2, 0.25) is 0 Å². The fraction of sp³-hybridized carbons (Fsp3) is 0.583. The number of carbonyl (C=O) groups is 1. The first-order chi connectivity index (χ1) is 8.95. The Bertz CT molecular complexity index is 442. The molecule has 0 amide bonds. The summed E-state index contributed by atoms with van der Waals surface area (Å²) < 4.78 is 30.5. The van der Waals surface area contributed by atoms with E-state index in [9.17, 15) is 13.6 Å². The monoisotopic (exact) mass is 290 g/mol. The molecule has 0 saturated carbocycles. The zero-order chi connectivity index (χ0) is 14.4. The van der Waals surface area contributed by atoms with Crippen LogP contribution in [0.2, 0.25) is 0 Å². The Hall–Kier alpha value is -1.24. The van der Waals surface area contributed by atoms with E-state index in [0.29, 0.717) is 16.8 Å². The molecule has 0 saturated heterocycles. The van der Waals surface area contributed by atoms with E-state index in [1.165, 1.54) is 0 Å². The number of hydrogen-bond donors (Lipinski definition) is 0. The van der Waals surface area contributed by atoms with Crippen molar-refractivity contribution >= 4 is 17.7 Å². The number of alkyl halides is 2. The first-order valence-electron chi connectivity index (χ1n) is 5.88. The van der Waals surface area contributed by atoms with Crippen molar-refractivity contribution in [1.29, 1.82) is 0 Å². The lowest BCUT2D eigenvalue weighted by molar-refractivity contribution is 0.0512. The van der Waals surface area contributed by atoms with Crippen molar-refractivity contribution in [1.82, 2.24) is 9.97 Å².